The van der Waals surface area contributed by atoms with Crippen LogP contribution in [0.25, 0.3) is 5.69 Å². The lowest BCUT2D eigenvalue weighted by atomic mass is 10.0. The maximum Gasteiger partial charge on any atom is 0.251 e. The monoisotopic (exact) mass is 434 g/mol. The molecule has 0 saturated carbocycles. The Balaban J connectivity index is 1.52. The van der Waals surface area contributed by atoms with Gasteiger partial charge in [0.15, 0.2) is 0 Å². The van der Waals surface area contributed by atoms with E-state index in [2.05, 4.69) is 15.7 Å². The van der Waals surface area contributed by atoms with Crippen LogP contribution in [0.3, 0.4) is 0 Å². The first-order chi connectivity index (χ1) is 15.5. The van der Waals surface area contributed by atoms with Crippen LogP contribution in [-0.2, 0) is 11.2 Å². The summed E-state index contributed by atoms with van der Waals surface area (Å²) in [5.74, 6) is 0.168. The first-order valence-corrected chi connectivity index (χ1v) is 10.9. The number of ether oxygens (including phenoxy) is 1. The molecule has 0 aliphatic heterocycles. The fraction of sp³-hybridized carbons (Fsp3) is 0.320. The normalized spacial score (nSPS) is 11.8. The first-order valence-electron chi connectivity index (χ1n) is 10.9. The van der Waals surface area contributed by atoms with Crippen molar-refractivity contribution in [2.75, 3.05) is 13.2 Å². The maximum atomic E-state index is 12.7. The summed E-state index contributed by atoms with van der Waals surface area (Å²) in [6, 6.07) is 16.1. The molecule has 3 rings (SSSR count). The molecule has 0 saturated heterocycles. The van der Waals surface area contributed by atoms with Gasteiger partial charge in [0.2, 0.25) is 5.91 Å². The molecule has 1 atom stereocenters. The summed E-state index contributed by atoms with van der Waals surface area (Å²) >= 11 is 0. The average molecular weight is 435 g/mol. The highest BCUT2D eigenvalue weighted by molar-refractivity contribution is 5.97. The minimum Gasteiger partial charge on any atom is -0.494 e. The van der Waals surface area contributed by atoms with E-state index in [0.29, 0.717) is 30.9 Å². The van der Waals surface area contributed by atoms with Crippen LogP contribution in [-0.4, -0.2) is 40.8 Å². The molecule has 3 aromatic rings. The molecular formula is C25H30N4O3. The van der Waals surface area contributed by atoms with Crippen LogP contribution in [0.5, 0.6) is 5.75 Å². The molecule has 7 nitrogen and oxygen atoms in total. The summed E-state index contributed by atoms with van der Waals surface area (Å²) < 4.78 is 7.21. The number of rotatable bonds is 10. The van der Waals surface area contributed by atoms with Gasteiger partial charge in [0.25, 0.3) is 5.91 Å². The molecule has 2 N–H and O–H groups in total. The van der Waals surface area contributed by atoms with Gasteiger partial charge in [-0.25, -0.2) is 4.68 Å². The number of aromatic nitrogens is 2. The third-order valence-electron chi connectivity index (χ3n) is 5.03. The van der Waals surface area contributed by atoms with E-state index in [0.717, 1.165) is 11.3 Å². The first kappa shape index (κ1) is 23.1. The summed E-state index contributed by atoms with van der Waals surface area (Å²) in [4.78, 5) is 25.4. The molecule has 0 fully saturated rings. The number of nitrogens with zero attached hydrogens (tertiary/aromatic N) is 2. The Morgan fingerprint density at radius 3 is 2.44 bits per heavy atom. The highest BCUT2D eigenvalue weighted by atomic mass is 16.5. The quantitative estimate of drug-likeness (QED) is 0.512. The zero-order chi connectivity index (χ0) is 22.9. The van der Waals surface area contributed by atoms with Crippen LogP contribution in [0, 0.1) is 5.92 Å². The standard InChI is InChI=1S/C25H30N4O3/c1-4-32-22-12-10-20(11-13-22)24(30)28-23(18(2)3)25(31)26-15-14-19-16-27-29(17-19)21-8-6-5-7-9-21/h5-13,16-18,23H,4,14-15H2,1-3H3,(H,26,31)(H,28,30). The molecule has 1 heterocycles. The number of hydrogen-bond acceptors (Lipinski definition) is 4. The van der Waals surface area contributed by atoms with Gasteiger partial charge in [-0.2, -0.15) is 5.10 Å². The van der Waals surface area contributed by atoms with Gasteiger partial charge in [-0.3, -0.25) is 9.59 Å². The lowest BCUT2D eigenvalue weighted by Gasteiger charge is -2.21. The number of para-hydroxylation sites is 1. The van der Waals surface area contributed by atoms with Crippen molar-refractivity contribution in [2.24, 2.45) is 5.92 Å². The number of nitrogens with one attached hydrogen (secondary N) is 2. The van der Waals surface area contributed by atoms with Gasteiger partial charge in [-0.05, 0) is 61.2 Å². The van der Waals surface area contributed by atoms with Crippen molar-refractivity contribution in [3.05, 3.63) is 78.1 Å². The van der Waals surface area contributed by atoms with E-state index in [9.17, 15) is 9.59 Å². The molecule has 0 bridgehead atoms. The van der Waals surface area contributed by atoms with E-state index >= 15 is 0 Å². The van der Waals surface area contributed by atoms with Crippen molar-refractivity contribution in [2.45, 2.75) is 33.2 Å². The van der Waals surface area contributed by atoms with Gasteiger partial charge in [-0.1, -0.05) is 32.0 Å². The van der Waals surface area contributed by atoms with Crippen molar-refractivity contribution in [1.29, 1.82) is 0 Å². The van der Waals surface area contributed by atoms with Crippen molar-refractivity contribution in [3.8, 4) is 11.4 Å². The second kappa shape index (κ2) is 11.1. The smallest absolute Gasteiger partial charge is 0.251 e. The fourth-order valence-corrected chi connectivity index (χ4v) is 3.28. The van der Waals surface area contributed by atoms with Gasteiger partial charge in [0.05, 0.1) is 18.5 Å². The predicted octanol–water partition coefficient (Wildman–Crippen LogP) is 3.38. The number of benzene rings is 2. The molecule has 0 aliphatic rings. The Morgan fingerprint density at radius 1 is 1.06 bits per heavy atom. The Morgan fingerprint density at radius 2 is 1.78 bits per heavy atom. The molecule has 0 spiro atoms. The minimum absolute atomic E-state index is 0.0533. The average Bonchev–Trinajstić information content (AvgIpc) is 3.27. The van der Waals surface area contributed by atoms with Gasteiger partial charge in [0, 0.05) is 18.3 Å². The van der Waals surface area contributed by atoms with Gasteiger partial charge < -0.3 is 15.4 Å². The van der Waals surface area contributed by atoms with E-state index in [-0.39, 0.29) is 17.7 Å². The lowest BCUT2D eigenvalue weighted by molar-refractivity contribution is -0.123. The molecule has 1 unspecified atom stereocenters. The Labute approximate surface area is 188 Å². The van der Waals surface area contributed by atoms with Crippen LogP contribution >= 0.6 is 0 Å². The molecule has 0 radical (unpaired) electrons. The van der Waals surface area contributed by atoms with E-state index in [1.54, 1.807) is 30.5 Å². The Hall–Kier alpha value is -3.61. The highest BCUT2D eigenvalue weighted by Crippen LogP contribution is 2.13. The third kappa shape index (κ3) is 6.20. The van der Waals surface area contributed by atoms with Crippen LogP contribution < -0.4 is 15.4 Å². The molecule has 7 heteroatoms. The Bertz CT molecular complexity index is 1010. The minimum atomic E-state index is -0.624. The predicted molar refractivity (Wildman–Crippen MR) is 124 cm³/mol. The zero-order valence-electron chi connectivity index (χ0n) is 18.7. The third-order valence-corrected chi connectivity index (χ3v) is 5.03. The SMILES string of the molecule is CCOc1ccc(C(=O)NC(C(=O)NCCc2cnn(-c3ccccc3)c2)C(C)C)cc1. The van der Waals surface area contributed by atoms with E-state index in [4.69, 9.17) is 4.74 Å². The van der Waals surface area contributed by atoms with Gasteiger partial charge >= 0.3 is 0 Å². The van der Waals surface area contributed by atoms with Crippen molar-refractivity contribution < 1.29 is 14.3 Å². The zero-order valence-corrected chi connectivity index (χ0v) is 18.7. The molecule has 168 valence electrons. The van der Waals surface area contributed by atoms with Crippen LogP contribution in [0.4, 0.5) is 0 Å². The maximum absolute atomic E-state index is 12.7. The summed E-state index contributed by atoms with van der Waals surface area (Å²) in [6.07, 6.45) is 4.40. The number of carbonyl (C=O) groups excluding carboxylic acids is 2. The molecule has 32 heavy (non-hydrogen) atoms. The molecule has 1 aromatic heterocycles. The summed E-state index contributed by atoms with van der Waals surface area (Å²) in [5, 5.41) is 10.2. The molecular weight excluding hydrogens is 404 g/mol. The van der Waals surface area contributed by atoms with E-state index in [1.807, 2.05) is 62.0 Å². The summed E-state index contributed by atoms with van der Waals surface area (Å²) in [6.45, 7) is 6.75. The topological polar surface area (TPSA) is 85.2 Å². The van der Waals surface area contributed by atoms with Crippen LogP contribution in [0.15, 0.2) is 67.0 Å². The van der Waals surface area contributed by atoms with Gasteiger partial charge in [-0.15, -0.1) is 0 Å². The molecule has 2 amide bonds. The summed E-state index contributed by atoms with van der Waals surface area (Å²) in [5.41, 5.74) is 2.49. The molecule has 0 aliphatic carbocycles. The fourth-order valence-electron chi connectivity index (χ4n) is 3.28. The van der Waals surface area contributed by atoms with Crippen molar-refractivity contribution >= 4 is 11.8 Å². The van der Waals surface area contributed by atoms with E-state index in [1.165, 1.54) is 0 Å². The van der Waals surface area contributed by atoms with Gasteiger partial charge in [0.1, 0.15) is 11.8 Å². The molecule has 2 aromatic carbocycles. The number of carbonyl (C=O) groups is 2. The van der Waals surface area contributed by atoms with Crippen molar-refractivity contribution in [1.82, 2.24) is 20.4 Å². The van der Waals surface area contributed by atoms with Crippen molar-refractivity contribution in [3.63, 3.8) is 0 Å². The largest absolute Gasteiger partial charge is 0.494 e. The van der Waals surface area contributed by atoms with Crippen LogP contribution in [0.1, 0.15) is 36.7 Å². The van der Waals surface area contributed by atoms with E-state index < -0.39 is 6.04 Å². The number of amides is 2. The second-order valence-electron chi connectivity index (χ2n) is 7.82. The lowest BCUT2D eigenvalue weighted by Crippen LogP contribution is -2.50. The number of hydrogen-bond donors (Lipinski definition) is 2. The second-order valence-corrected chi connectivity index (χ2v) is 7.82. The highest BCUT2D eigenvalue weighted by Gasteiger charge is 2.24. The van der Waals surface area contributed by atoms with Crippen LogP contribution in [0.2, 0.25) is 0 Å². The summed E-state index contributed by atoms with van der Waals surface area (Å²) in [7, 11) is 0. The Kier molecular flexibility index (Phi) is 8.02.